The fraction of sp³-hybridized carbons (Fsp3) is 0.200. The Labute approximate surface area is 140 Å². The smallest absolute Gasteiger partial charge is 0.258 e. The molecule has 0 aliphatic rings. The van der Waals surface area contributed by atoms with E-state index >= 15 is 0 Å². The number of aromatic hydroxyl groups is 1. The highest BCUT2D eigenvalue weighted by molar-refractivity contribution is 7.99. The molecule has 0 bridgehead atoms. The largest absolute Gasteiger partial charge is 0.494 e. The maximum atomic E-state index is 11.8. The first kappa shape index (κ1) is 15.7. The lowest BCUT2D eigenvalue weighted by Crippen LogP contribution is -2.07. The Morgan fingerprint density at radius 3 is 2.96 bits per heavy atom. The molecule has 0 radical (unpaired) electrons. The molecule has 1 aromatic carbocycles. The molecule has 0 fully saturated rings. The molecule has 0 amide bonds. The molecule has 6 nitrogen and oxygen atoms in total. The number of fused-ring (bicyclic) bond motifs is 1. The van der Waals surface area contributed by atoms with Gasteiger partial charge in [0.2, 0.25) is 16.2 Å². The van der Waals surface area contributed by atoms with Crippen molar-refractivity contribution in [3.05, 3.63) is 40.2 Å². The van der Waals surface area contributed by atoms with E-state index in [0.717, 1.165) is 12.2 Å². The zero-order valence-electron chi connectivity index (χ0n) is 12.3. The maximum absolute atomic E-state index is 11.8. The Bertz CT molecular complexity index is 917. The third kappa shape index (κ3) is 3.43. The van der Waals surface area contributed by atoms with Crippen LogP contribution in [0.3, 0.4) is 0 Å². The van der Waals surface area contributed by atoms with E-state index in [1.165, 1.54) is 17.7 Å². The van der Waals surface area contributed by atoms with E-state index in [9.17, 15) is 9.90 Å². The Morgan fingerprint density at radius 1 is 1.39 bits per heavy atom. The van der Waals surface area contributed by atoms with Gasteiger partial charge in [0.1, 0.15) is 0 Å². The van der Waals surface area contributed by atoms with Crippen LogP contribution in [0.1, 0.15) is 18.9 Å². The SMILES string of the molecule is CCCSc1nsc(N=Cc2c(O)[nH]c(=O)c3ccccc23)n1. The molecule has 0 saturated heterocycles. The summed E-state index contributed by atoms with van der Waals surface area (Å²) >= 11 is 2.79. The second kappa shape index (κ2) is 6.93. The predicted molar refractivity (Wildman–Crippen MR) is 94.4 cm³/mol. The van der Waals surface area contributed by atoms with E-state index in [4.69, 9.17) is 0 Å². The van der Waals surface area contributed by atoms with Crippen LogP contribution in [0, 0.1) is 0 Å². The number of aliphatic imine (C=N–C) groups is 1. The quantitative estimate of drug-likeness (QED) is 0.546. The van der Waals surface area contributed by atoms with Gasteiger partial charge in [0, 0.05) is 34.3 Å². The highest BCUT2D eigenvalue weighted by atomic mass is 32.2. The molecule has 118 valence electrons. The standard InChI is InChI=1S/C15H14N4O2S2/c1-2-7-22-15-18-14(23-19-15)16-8-11-9-5-3-4-6-10(9)12(20)17-13(11)21/h3-6,8H,2,7H2,1H3,(H2,17,20,21). The summed E-state index contributed by atoms with van der Waals surface area (Å²) in [6.45, 7) is 2.10. The Kier molecular flexibility index (Phi) is 4.73. The van der Waals surface area contributed by atoms with Crippen molar-refractivity contribution in [2.45, 2.75) is 18.5 Å². The molecule has 2 N–H and O–H groups in total. The van der Waals surface area contributed by atoms with Crippen LogP contribution in [0.5, 0.6) is 5.88 Å². The van der Waals surface area contributed by atoms with Gasteiger partial charge in [-0.3, -0.25) is 9.78 Å². The molecule has 3 aromatic rings. The van der Waals surface area contributed by atoms with E-state index in [2.05, 4.69) is 26.3 Å². The van der Waals surface area contributed by atoms with Crippen LogP contribution in [0.4, 0.5) is 5.13 Å². The molecular weight excluding hydrogens is 332 g/mol. The minimum absolute atomic E-state index is 0.206. The van der Waals surface area contributed by atoms with E-state index in [1.54, 1.807) is 30.0 Å². The van der Waals surface area contributed by atoms with Crippen LogP contribution in [-0.4, -0.2) is 31.4 Å². The monoisotopic (exact) mass is 346 g/mol. The van der Waals surface area contributed by atoms with Crippen LogP contribution in [0.15, 0.2) is 39.2 Å². The van der Waals surface area contributed by atoms with E-state index in [-0.39, 0.29) is 11.4 Å². The van der Waals surface area contributed by atoms with Crippen molar-refractivity contribution < 1.29 is 5.11 Å². The molecule has 0 unspecified atom stereocenters. The molecule has 0 atom stereocenters. The van der Waals surface area contributed by atoms with Gasteiger partial charge in [0.15, 0.2) is 0 Å². The molecule has 0 aliphatic heterocycles. The summed E-state index contributed by atoms with van der Waals surface area (Å²) < 4.78 is 4.22. The number of H-pyrrole nitrogens is 1. The highest BCUT2D eigenvalue weighted by Crippen LogP contribution is 2.24. The molecular formula is C15H14N4O2S2. The van der Waals surface area contributed by atoms with Gasteiger partial charge in [-0.1, -0.05) is 36.9 Å². The summed E-state index contributed by atoms with van der Waals surface area (Å²) in [5, 5.41) is 12.4. The fourth-order valence-corrected chi connectivity index (χ4v) is 3.39. The van der Waals surface area contributed by atoms with Crippen molar-refractivity contribution in [3.63, 3.8) is 0 Å². The van der Waals surface area contributed by atoms with Gasteiger partial charge in [0.25, 0.3) is 5.56 Å². The Hall–Kier alpha value is -2.19. The minimum atomic E-state index is -0.329. The summed E-state index contributed by atoms with van der Waals surface area (Å²) in [5.74, 6) is 0.758. The topological polar surface area (TPSA) is 91.2 Å². The number of rotatable bonds is 5. The van der Waals surface area contributed by atoms with Crippen molar-refractivity contribution in [2.75, 3.05) is 5.75 Å². The average molecular weight is 346 g/mol. The highest BCUT2D eigenvalue weighted by Gasteiger charge is 2.09. The number of aromatic amines is 1. The summed E-state index contributed by atoms with van der Waals surface area (Å²) in [7, 11) is 0. The lowest BCUT2D eigenvalue weighted by molar-refractivity contribution is 0.452. The van der Waals surface area contributed by atoms with Crippen LogP contribution in [0.2, 0.25) is 0 Å². The lowest BCUT2D eigenvalue weighted by Gasteiger charge is -2.03. The molecule has 2 heterocycles. The molecule has 0 saturated carbocycles. The molecule has 2 aromatic heterocycles. The Morgan fingerprint density at radius 2 is 2.17 bits per heavy atom. The van der Waals surface area contributed by atoms with Gasteiger partial charge in [-0.15, -0.1) is 0 Å². The van der Waals surface area contributed by atoms with E-state index in [0.29, 0.717) is 26.6 Å². The average Bonchev–Trinajstić information content (AvgIpc) is 3.00. The van der Waals surface area contributed by atoms with Gasteiger partial charge in [0.05, 0.1) is 5.56 Å². The molecule has 0 spiro atoms. The normalized spacial score (nSPS) is 11.5. The lowest BCUT2D eigenvalue weighted by atomic mass is 10.1. The number of hydrogen-bond acceptors (Lipinski definition) is 7. The summed E-state index contributed by atoms with van der Waals surface area (Å²) in [6.07, 6.45) is 2.56. The van der Waals surface area contributed by atoms with E-state index < -0.39 is 0 Å². The first-order chi connectivity index (χ1) is 11.2. The summed E-state index contributed by atoms with van der Waals surface area (Å²) in [6, 6.07) is 7.06. The number of pyridine rings is 1. The molecule has 8 heteroatoms. The zero-order chi connectivity index (χ0) is 16.2. The number of thioether (sulfide) groups is 1. The van der Waals surface area contributed by atoms with Gasteiger partial charge >= 0.3 is 0 Å². The first-order valence-electron chi connectivity index (χ1n) is 7.03. The number of aromatic nitrogens is 3. The molecule has 23 heavy (non-hydrogen) atoms. The first-order valence-corrected chi connectivity index (χ1v) is 8.79. The van der Waals surface area contributed by atoms with Crippen molar-refractivity contribution >= 4 is 45.4 Å². The fourth-order valence-electron chi connectivity index (χ4n) is 2.04. The van der Waals surface area contributed by atoms with Crippen LogP contribution >= 0.6 is 23.3 Å². The van der Waals surface area contributed by atoms with E-state index in [1.807, 2.05) is 6.07 Å². The van der Waals surface area contributed by atoms with Gasteiger partial charge in [-0.2, -0.15) is 9.36 Å². The number of benzene rings is 1. The minimum Gasteiger partial charge on any atom is -0.494 e. The maximum Gasteiger partial charge on any atom is 0.258 e. The third-order valence-corrected chi connectivity index (χ3v) is 4.88. The third-order valence-electron chi connectivity index (χ3n) is 3.08. The number of nitrogens with zero attached hydrogens (tertiary/aromatic N) is 3. The van der Waals surface area contributed by atoms with Crippen LogP contribution in [-0.2, 0) is 0 Å². The van der Waals surface area contributed by atoms with Gasteiger partial charge in [-0.25, -0.2) is 4.99 Å². The molecule has 3 rings (SSSR count). The second-order valence-electron chi connectivity index (χ2n) is 4.73. The number of hydrogen-bond donors (Lipinski definition) is 2. The van der Waals surface area contributed by atoms with Crippen molar-refractivity contribution in [2.24, 2.45) is 4.99 Å². The van der Waals surface area contributed by atoms with Gasteiger partial charge in [-0.05, 0) is 12.5 Å². The second-order valence-corrected chi connectivity index (χ2v) is 6.52. The van der Waals surface area contributed by atoms with Crippen molar-refractivity contribution in [1.82, 2.24) is 14.3 Å². The predicted octanol–water partition coefficient (Wildman–Crippen LogP) is 3.34. The number of nitrogens with one attached hydrogen (secondary N) is 1. The Balaban J connectivity index is 1.95. The van der Waals surface area contributed by atoms with Crippen molar-refractivity contribution in [1.29, 1.82) is 0 Å². The van der Waals surface area contributed by atoms with Crippen LogP contribution in [0.25, 0.3) is 10.8 Å². The molecule has 0 aliphatic carbocycles. The van der Waals surface area contributed by atoms with Crippen LogP contribution < -0.4 is 5.56 Å². The van der Waals surface area contributed by atoms with Crippen molar-refractivity contribution in [3.8, 4) is 5.88 Å². The zero-order valence-corrected chi connectivity index (χ0v) is 13.9. The summed E-state index contributed by atoms with van der Waals surface area (Å²) in [5.41, 5.74) is 0.127. The van der Waals surface area contributed by atoms with Gasteiger partial charge < -0.3 is 5.11 Å². The summed E-state index contributed by atoms with van der Waals surface area (Å²) in [4.78, 5) is 22.8.